The second-order valence-corrected chi connectivity index (χ2v) is 7.08. The van der Waals surface area contributed by atoms with Crippen LogP contribution in [-0.4, -0.2) is 36.6 Å². The molecule has 0 bridgehead atoms. The van der Waals surface area contributed by atoms with Crippen LogP contribution in [0.1, 0.15) is 47.1 Å². The summed E-state index contributed by atoms with van der Waals surface area (Å²) >= 11 is 0. The first-order valence-electron chi connectivity index (χ1n) is 9.05. The Kier molecular flexibility index (Phi) is 4.38. The average Bonchev–Trinajstić information content (AvgIpc) is 3.26. The lowest BCUT2D eigenvalue weighted by atomic mass is 10.1. The first-order valence-corrected chi connectivity index (χ1v) is 9.05. The fourth-order valence-corrected chi connectivity index (χ4v) is 3.88. The zero-order chi connectivity index (χ0) is 18.3. The highest BCUT2D eigenvalue weighted by atomic mass is 16.3. The van der Waals surface area contributed by atoms with Gasteiger partial charge < -0.3 is 15.2 Å². The molecule has 136 valence electrons. The number of benzene rings is 1. The van der Waals surface area contributed by atoms with Crippen LogP contribution in [0.3, 0.4) is 0 Å². The van der Waals surface area contributed by atoms with Crippen molar-refractivity contribution >= 4 is 11.0 Å². The van der Waals surface area contributed by atoms with Gasteiger partial charge in [-0.2, -0.15) is 0 Å². The number of aliphatic hydroxyl groups is 1. The molecule has 1 saturated heterocycles. The highest BCUT2D eigenvalue weighted by Crippen LogP contribution is 2.35. The van der Waals surface area contributed by atoms with Gasteiger partial charge in [-0.25, -0.2) is 4.98 Å². The Hall–Kier alpha value is -2.44. The number of rotatable bonds is 4. The van der Waals surface area contributed by atoms with Gasteiger partial charge in [-0.15, -0.1) is 0 Å². The molecular formula is C20H24N4O2. The number of aryl methyl sites for hydroxylation is 2. The number of nitrogens with zero attached hydrogens (tertiary/aromatic N) is 3. The number of likely N-dealkylation sites (tertiary alicyclic amines) is 1. The number of pyridine rings is 1. The zero-order valence-corrected chi connectivity index (χ0v) is 15.2. The van der Waals surface area contributed by atoms with Crippen molar-refractivity contribution < 1.29 is 10.2 Å². The van der Waals surface area contributed by atoms with Crippen LogP contribution >= 0.6 is 0 Å². The third-order valence-corrected chi connectivity index (χ3v) is 5.37. The Bertz CT molecular complexity index is 950. The number of H-pyrrole nitrogens is 1. The molecule has 0 unspecified atom stereocenters. The molecule has 0 radical (unpaired) electrons. The van der Waals surface area contributed by atoms with E-state index in [0.717, 1.165) is 41.8 Å². The van der Waals surface area contributed by atoms with E-state index in [0.29, 0.717) is 17.8 Å². The molecule has 2 aromatic heterocycles. The number of fused-ring (bicyclic) bond motifs is 1. The number of para-hydroxylation sites is 1. The number of hydrogen-bond donors (Lipinski definition) is 3. The fourth-order valence-electron chi connectivity index (χ4n) is 3.88. The summed E-state index contributed by atoms with van der Waals surface area (Å²) in [5.74, 6) is 1.16. The predicted molar refractivity (Wildman–Crippen MR) is 99.8 cm³/mol. The number of aromatic nitrogens is 3. The van der Waals surface area contributed by atoms with E-state index in [1.165, 1.54) is 5.56 Å². The molecule has 4 rings (SSSR count). The first kappa shape index (κ1) is 17.0. The molecule has 6 heteroatoms. The molecule has 0 amide bonds. The van der Waals surface area contributed by atoms with Gasteiger partial charge in [0.25, 0.3) is 0 Å². The largest absolute Gasteiger partial charge is 0.506 e. The molecule has 6 nitrogen and oxygen atoms in total. The molecule has 0 saturated carbocycles. The molecule has 3 heterocycles. The third kappa shape index (κ3) is 2.85. The van der Waals surface area contributed by atoms with E-state index in [-0.39, 0.29) is 18.4 Å². The monoisotopic (exact) mass is 352 g/mol. The molecule has 1 fully saturated rings. The smallest absolute Gasteiger partial charge is 0.141 e. The molecule has 1 atom stereocenters. The van der Waals surface area contributed by atoms with Gasteiger partial charge in [0.15, 0.2) is 0 Å². The second kappa shape index (κ2) is 6.70. The Morgan fingerprint density at radius 3 is 2.92 bits per heavy atom. The Balaban J connectivity index is 1.67. The van der Waals surface area contributed by atoms with Crippen LogP contribution in [0.4, 0.5) is 0 Å². The quantitative estimate of drug-likeness (QED) is 0.672. The molecule has 1 aliphatic rings. The molecule has 1 aromatic carbocycles. The van der Waals surface area contributed by atoms with Gasteiger partial charge in [-0.05, 0) is 44.9 Å². The normalized spacial score (nSPS) is 18.0. The topological polar surface area (TPSA) is 85.3 Å². The van der Waals surface area contributed by atoms with Gasteiger partial charge in [0.2, 0.25) is 0 Å². The summed E-state index contributed by atoms with van der Waals surface area (Å²) in [4.78, 5) is 14.8. The summed E-state index contributed by atoms with van der Waals surface area (Å²) in [7, 11) is 0. The third-order valence-electron chi connectivity index (χ3n) is 5.37. The van der Waals surface area contributed by atoms with Crippen molar-refractivity contribution in [1.82, 2.24) is 19.9 Å². The van der Waals surface area contributed by atoms with Crippen LogP contribution in [0.5, 0.6) is 5.75 Å². The SMILES string of the molecule is Cc1ncc(CO)c(CN2CCC[C@H]2c2nc3c(C)cccc3[nH]2)c1O. The lowest BCUT2D eigenvalue weighted by Gasteiger charge is -2.24. The maximum atomic E-state index is 10.5. The Morgan fingerprint density at radius 2 is 2.15 bits per heavy atom. The Labute approximate surface area is 152 Å². The van der Waals surface area contributed by atoms with Gasteiger partial charge >= 0.3 is 0 Å². The molecule has 1 aliphatic heterocycles. The van der Waals surface area contributed by atoms with Crippen LogP contribution in [0.15, 0.2) is 24.4 Å². The summed E-state index contributed by atoms with van der Waals surface area (Å²) < 4.78 is 0. The van der Waals surface area contributed by atoms with E-state index in [1.807, 2.05) is 6.07 Å². The highest BCUT2D eigenvalue weighted by Gasteiger charge is 2.30. The summed E-state index contributed by atoms with van der Waals surface area (Å²) in [6.07, 6.45) is 3.76. The van der Waals surface area contributed by atoms with E-state index in [9.17, 15) is 10.2 Å². The van der Waals surface area contributed by atoms with Crippen molar-refractivity contribution in [2.75, 3.05) is 6.54 Å². The fraction of sp³-hybridized carbons (Fsp3) is 0.400. The molecule has 0 spiro atoms. The number of hydrogen-bond acceptors (Lipinski definition) is 5. The van der Waals surface area contributed by atoms with Crippen molar-refractivity contribution in [3.05, 3.63) is 52.6 Å². The van der Waals surface area contributed by atoms with Gasteiger partial charge in [0.1, 0.15) is 11.6 Å². The van der Waals surface area contributed by atoms with Crippen molar-refractivity contribution in [1.29, 1.82) is 0 Å². The van der Waals surface area contributed by atoms with Gasteiger partial charge in [0.05, 0.1) is 29.4 Å². The summed E-state index contributed by atoms with van der Waals surface area (Å²) in [6, 6.07) is 6.35. The maximum absolute atomic E-state index is 10.5. The summed E-state index contributed by atoms with van der Waals surface area (Å²) in [5, 5.41) is 20.1. The zero-order valence-electron chi connectivity index (χ0n) is 15.2. The number of aromatic amines is 1. The molecule has 26 heavy (non-hydrogen) atoms. The Morgan fingerprint density at radius 1 is 1.31 bits per heavy atom. The van der Waals surface area contributed by atoms with Crippen molar-refractivity contribution in [3.8, 4) is 5.75 Å². The molecule has 3 N–H and O–H groups in total. The van der Waals surface area contributed by atoms with Gasteiger partial charge in [-0.1, -0.05) is 12.1 Å². The minimum absolute atomic E-state index is 0.126. The standard InChI is InChI=1S/C20H24N4O2/c1-12-5-3-6-16-18(12)23-20(22-16)17-7-4-8-24(17)10-15-14(11-25)9-21-13(2)19(15)26/h3,5-6,9,17,25-26H,4,7-8,10-11H2,1-2H3,(H,22,23)/t17-/m0/s1. The average molecular weight is 352 g/mol. The number of nitrogens with one attached hydrogen (secondary N) is 1. The van der Waals surface area contributed by atoms with Crippen molar-refractivity contribution in [2.45, 2.75) is 45.9 Å². The predicted octanol–water partition coefficient (Wildman–Crippen LogP) is 3.11. The summed E-state index contributed by atoms with van der Waals surface area (Å²) in [6.45, 7) is 5.24. The maximum Gasteiger partial charge on any atom is 0.141 e. The van der Waals surface area contributed by atoms with Crippen LogP contribution in [0, 0.1) is 13.8 Å². The van der Waals surface area contributed by atoms with Gasteiger partial charge in [0, 0.05) is 23.9 Å². The van der Waals surface area contributed by atoms with E-state index >= 15 is 0 Å². The molecule has 3 aromatic rings. The lowest BCUT2D eigenvalue weighted by molar-refractivity contribution is 0.231. The van der Waals surface area contributed by atoms with Crippen LogP contribution in [-0.2, 0) is 13.2 Å². The highest BCUT2D eigenvalue weighted by molar-refractivity contribution is 5.78. The van der Waals surface area contributed by atoms with Crippen molar-refractivity contribution in [3.63, 3.8) is 0 Å². The number of aliphatic hydroxyl groups excluding tert-OH is 1. The van der Waals surface area contributed by atoms with E-state index < -0.39 is 0 Å². The molecular weight excluding hydrogens is 328 g/mol. The lowest BCUT2D eigenvalue weighted by Crippen LogP contribution is -2.24. The van der Waals surface area contributed by atoms with Crippen LogP contribution < -0.4 is 0 Å². The molecule has 0 aliphatic carbocycles. The van der Waals surface area contributed by atoms with Crippen molar-refractivity contribution in [2.24, 2.45) is 0 Å². The van der Waals surface area contributed by atoms with E-state index in [2.05, 4.69) is 33.9 Å². The van der Waals surface area contributed by atoms with Crippen LogP contribution in [0.2, 0.25) is 0 Å². The minimum atomic E-state index is -0.126. The van der Waals surface area contributed by atoms with E-state index in [1.54, 1.807) is 13.1 Å². The summed E-state index contributed by atoms with van der Waals surface area (Å²) in [5.41, 5.74) is 5.28. The van der Waals surface area contributed by atoms with E-state index in [4.69, 9.17) is 4.98 Å². The minimum Gasteiger partial charge on any atom is -0.506 e. The first-order chi connectivity index (χ1) is 12.6. The van der Waals surface area contributed by atoms with Crippen LogP contribution in [0.25, 0.3) is 11.0 Å². The second-order valence-electron chi connectivity index (χ2n) is 7.08. The van der Waals surface area contributed by atoms with Gasteiger partial charge in [-0.3, -0.25) is 9.88 Å². The number of aromatic hydroxyl groups is 1. The number of imidazole rings is 1.